The fourth-order valence-electron chi connectivity index (χ4n) is 3.23. The summed E-state index contributed by atoms with van der Waals surface area (Å²) in [6.07, 6.45) is 0.236. The molecule has 2 atom stereocenters. The quantitative estimate of drug-likeness (QED) is 0.762. The first-order valence-electron chi connectivity index (χ1n) is 8.99. The smallest absolute Gasteiger partial charge is 0.326 e. The van der Waals surface area contributed by atoms with Crippen LogP contribution in [0.4, 0.5) is 5.69 Å². The minimum absolute atomic E-state index is 0.0511. The van der Waals surface area contributed by atoms with Crippen molar-refractivity contribution in [3.63, 3.8) is 0 Å². The van der Waals surface area contributed by atoms with Gasteiger partial charge in [0.2, 0.25) is 11.8 Å². The highest BCUT2D eigenvalue weighted by Gasteiger charge is 2.36. The Bertz CT molecular complexity index is 851. The van der Waals surface area contributed by atoms with Crippen LogP contribution < -0.4 is 15.0 Å². The molecular weight excluding hydrogens is 360 g/mol. The standard InChI is InChI=1S/C21H22N2O5/c1-28-17-9-7-16(8-10-17)23-13-15(12-19(23)24)20(25)22-18(21(26)27)11-14-5-3-2-4-6-14/h2-10,15,18H,11-13H2,1H3,(H,22,25)(H,26,27)/t15?,18-/m1/s1. The summed E-state index contributed by atoms with van der Waals surface area (Å²) in [6.45, 7) is 0.217. The SMILES string of the molecule is COc1ccc(N2CC(C(=O)N[C@H](Cc3ccccc3)C(=O)O)CC2=O)cc1. The second-order valence-corrected chi connectivity index (χ2v) is 6.69. The van der Waals surface area contributed by atoms with E-state index in [2.05, 4.69) is 5.32 Å². The first-order chi connectivity index (χ1) is 13.5. The zero-order valence-electron chi connectivity index (χ0n) is 15.5. The van der Waals surface area contributed by atoms with Crippen LogP contribution >= 0.6 is 0 Å². The number of aliphatic carboxylic acids is 1. The fraction of sp³-hybridized carbons (Fsp3) is 0.286. The topological polar surface area (TPSA) is 95.9 Å². The number of methoxy groups -OCH3 is 1. The average Bonchev–Trinajstić information content (AvgIpc) is 3.10. The number of anilines is 1. The molecule has 1 heterocycles. The van der Waals surface area contributed by atoms with Crippen molar-refractivity contribution in [3.8, 4) is 5.75 Å². The van der Waals surface area contributed by atoms with E-state index in [0.717, 1.165) is 5.56 Å². The van der Waals surface area contributed by atoms with Gasteiger partial charge in [-0.15, -0.1) is 0 Å². The van der Waals surface area contributed by atoms with E-state index in [0.29, 0.717) is 11.4 Å². The lowest BCUT2D eigenvalue weighted by Gasteiger charge is -2.19. The van der Waals surface area contributed by atoms with Crippen molar-refractivity contribution < 1.29 is 24.2 Å². The highest BCUT2D eigenvalue weighted by Crippen LogP contribution is 2.27. The Balaban J connectivity index is 1.64. The highest BCUT2D eigenvalue weighted by molar-refractivity contribution is 6.00. The van der Waals surface area contributed by atoms with E-state index in [-0.39, 0.29) is 25.3 Å². The van der Waals surface area contributed by atoms with Crippen LogP contribution in [-0.4, -0.2) is 42.6 Å². The maximum Gasteiger partial charge on any atom is 0.326 e. The maximum absolute atomic E-state index is 12.6. The molecule has 1 saturated heterocycles. The summed E-state index contributed by atoms with van der Waals surface area (Å²) in [4.78, 5) is 38.1. The number of carbonyl (C=O) groups is 3. The van der Waals surface area contributed by atoms with Gasteiger partial charge in [-0.25, -0.2) is 4.79 Å². The minimum atomic E-state index is -1.10. The number of amides is 2. The summed E-state index contributed by atoms with van der Waals surface area (Å²) in [5.41, 5.74) is 1.50. The normalized spacial score (nSPS) is 17.2. The molecule has 0 saturated carbocycles. The van der Waals surface area contributed by atoms with Crippen molar-refractivity contribution >= 4 is 23.5 Å². The van der Waals surface area contributed by atoms with Crippen molar-refractivity contribution in [1.82, 2.24) is 5.32 Å². The van der Waals surface area contributed by atoms with Crippen LogP contribution in [0.5, 0.6) is 5.75 Å². The summed E-state index contributed by atoms with van der Waals surface area (Å²) in [5, 5.41) is 12.0. The van der Waals surface area contributed by atoms with Gasteiger partial charge in [-0.1, -0.05) is 30.3 Å². The number of hydrogen-bond acceptors (Lipinski definition) is 4. The van der Waals surface area contributed by atoms with Crippen LogP contribution in [0.3, 0.4) is 0 Å². The van der Waals surface area contributed by atoms with Crippen LogP contribution in [0.25, 0.3) is 0 Å². The number of benzene rings is 2. The predicted octanol–water partition coefficient (Wildman–Crippen LogP) is 1.86. The largest absolute Gasteiger partial charge is 0.497 e. The van der Waals surface area contributed by atoms with E-state index in [1.54, 1.807) is 31.4 Å². The van der Waals surface area contributed by atoms with Crippen LogP contribution in [0.15, 0.2) is 54.6 Å². The highest BCUT2D eigenvalue weighted by atomic mass is 16.5. The van der Waals surface area contributed by atoms with Gasteiger partial charge in [0.05, 0.1) is 13.0 Å². The van der Waals surface area contributed by atoms with Gasteiger partial charge >= 0.3 is 5.97 Å². The molecule has 0 aromatic heterocycles. The van der Waals surface area contributed by atoms with E-state index in [1.807, 2.05) is 30.3 Å². The number of nitrogens with zero attached hydrogens (tertiary/aromatic N) is 1. The second kappa shape index (κ2) is 8.56. The molecule has 1 unspecified atom stereocenters. The predicted molar refractivity (Wildman–Crippen MR) is 103 cm³/mol. The fourth-order valence-corrected chi connectivity index (χ4v) is 3.23. The molecule has 0 radical (unpaired) electrons. The van der Waals surface area contributed by atoms with E-state index in [1.165, 1.54) is 4.90 Å². The molecule has 28 heavy (non-hydrogen) atoms. The molecule has 1 fully saturated rings. The lowest BCUT2D eigenvalue weighted by Crippen LogP contribution is -2.45. The number of hydrogen-bond donors (Lipinski definition) is 2. The monoisotopic (exact) mass is 382 g/mol. The van der Waals surface area contributed by atoms with Gasteiger partial charge in [0.15, 0.2) is 0 Å². The van der Waals surface area contributed by atoms with Crippen LogP contribution in [0, 0.1) is 5.92 Å². The molecule has 1 aliphatic heterocycles. The van der Waals surface area contributed by atoms with Crippen molar-refractivity contribution in [2.75, 3.05) is 18.6 Å². The molecule has 146 valence electrons. The minimum Gasteiger partial charge on any atom is -0.497 e. The van der Waals surface area contributed by atoms with E-state index >= 15 is 0 Å². The summed E-state index contributed by atoms with van der Waals surface area (Å²) < 4.78 is 5.11. The second-order valence-electron chi connectivity index (χ2n) is 6.69. The Morgan fingerprint density at radius 2 is 1.86 bits per heavy atom. The van der Waals surface area contributed by atoms with E-state index in [4.69, 9.17) is 4.74 Å². The summed E-state index contributed by atoms with van der Waals surface area (Å²) in [6, 6.07) is 15.1. The lowest BCUT2D eigenvalue weighted by molar-refractivity contribution is -0.142. The Kier molecular flexibility index (Phi) is 5.93. The Morgan fingerprint density at radius 3 is 2.46 bits per heavy atom. The van der Waals surface area contributed by atoms with Gasteiger partial charge in [0, 0.05) is 25.1 Å². The molecular formula is C21H22N2O5. The third-order valence-corrected chi connectivity index (χ3v) is 4.78. The molecule has 7 nitrogen and oxygen atoms in total. The van der Waals surface area contributed by atoms with Gasteiger partial charge in [-0.2, -0.15) is 0 Å². The third-order valence-electron chi connectivity index (χ3n) is 4.78. The summed E-state index contributed by atoms with van der Waals surface area (Å²) in [5.74, 6) is -1.61. The Labute approximate surface area is 162 Å². The van der Waals surface area contributed by atoms with E-state index in [9.17, 15) is 19.5 Å². The van der Waals surface area contributed by atoms with Crippen LogP contribution in [-0.2, 0) is 20.8 Å². The van der Waals surface area contributed by atoms with Gasteiger partial charge in [0.25, 0.3) is 0 Å². The Hall–Kier alpha value is -3.35. The summed E-state index contributed by atoms with van der Waals surface area (Å²) in [7, 11) is 1.56. The molecule has 1 aliphatic rings. The molecule has 2 aromatic rings. The number of nitrogens with one attached hydrogen (secondary N) is 1. The van der Waals surface area contributed by atoms with Gasteiger partial charge in [-0.05, 0) is 29.8 Å². The third kappa shape index (κ3) is 4.49. The number of carboxylic acids is 1. The average molecular weight is 382 g/mol. The maximum atomic E-state index is 12.6. The van der Waals surface area contributed by atoms with Crippen LogP contribution in [0.1, 0.15) is 12.0 Å². The molecule has 0 aliphatic carbocycles. The zero-order chi connectivity index (χ0) is 20.1. The number of carboxylic acid groups (broad SMARTS) is 1. The molecule has 2 amide bonds. The number of carbonyl (C=O) groups excluding carboxylic acids is 2. The van der Waals surface area contributed by atoms with Crippen LogP contribution in [0.2, 0.25) is 0 Å². The molecule has 2 aromatic carbocycles. The molecule has 3 rings (SSSR count). The van der Waals surface area contributed by atoms with Crippen molar-refractivity contribution in [3.05, 3.63) is 60.2 Å². The summed E-state index contributed by atoms with van der Waals surface area (Å²) >= 11 is 0. The molecule has 7 heteroatoms. The molecule has 0 spiro atoms. The van der Waals surface area contributed by atoms with Crippen molar-refractivity contribution in [2.45, 2.75) is 18.9 Å². The van der Waals surface area contributed by atoms with E-state index < -0.39 is 23.8 Å². The Morgan fingerprint density at radius 1 is 1.18 bits per heavy atom. The van der Waals surface area contributed by atoms with Gasteiger partial charge in [0.1, 0.15) is 11.8 Å². The number of ether oxygens (including phenoxy) is 1. The van der Waals surface area contributed by atoms with Crippen molar-refractivity contribution in [1.29, 1.82) is 0 Å². The zero-order valence-corrected chi connectivity index (χ0v) is 15.5. The first kappa shape index (κ1) is 19.4. The molecule has 0 bridgehead atoms. The molecule has 2 N–H and O–H groups in total. The first-order valence-corrected chi connectivity index (χ1v) is 8.99. The van der Waals surface area contributed by atoms with Crippen molar-refractivity contribution in [2.24, 2.45) is 5.92 Å². The van der Waals surface area contributed by atoms with Gasteiger partial charge in [-0.3, -0.25) is 9.59 Å². The lowest BCUT2D eigenvalue weighted by atomic mass is 10.0. The van der Waals surface area contributed by atoms with Gasteiger partial charge < -0.3 is 20.1 Å². The number of rotatable bonds is 7.